The van der Waals surface area contributed by atoms with Crippen LogP contribution in [0.3, 0.4) is 0 Å². The number of halogens is 2. The van der Waals surface area contributed by atoms with Crippen molar-refractivity contribution in [2.24, 2.45) is 11.3 Å². The molecular weight excluding hydrogens is 307 g/mol. The fourth-order valence-electron chi connectivity index (χ4n) is 2.94. The van der Waals surface area contributed by atoms with Gasteiger partial charge in [-0.3, -0.25) is 4.79 Å². The monoisotopic (exact) mass is 328 g/mol. The quantitative estimate of drug-likeness (QED) is 0.701. The Morgan fingerprint density at radius 2 is 1.81 bits per heavy atom. The van der Waals surface area contributed by atoms with Crippen LogP contribution >= 0.6 is 23.2 Å². The molecule has 3 nitrogen and oxygen atoms in total. The Kier molecular flexibility index (Phi) is 5.15. The van der Waals surface area contributed by atoms with Gasteiger partial charge in [0.05, 0.1) is 0 Å². The lowest BCUT2D eigenvalue weighted by Crippen LogP contribution is -2.32. The Morgan fingerprint density at radius 1 is 1.19 bits per heavy atom. The highest BCUT2D eigenvalue weighted by molar-refractivity contribution is 6.33. The number of rotatable bonds is 1. The highest BCUT2D eigenvalue weighted by atomic mass is 35.5. The second-order valence-electron chi connectivity index (χ2n) is 6.79. The van der Waals surface area contributed by atoms with E-state index in [2.05, 4.69) is 25.8 Å². The van der Waals surface area contributed by atoms with Gasteiger partial charge in [0.1, 0.15) is 10.3 Å². The zero-order valence-electron chi connectivity index (χ0n) is 12.8. The topological polar surface area (TPSA) is 33.2 Å². The van der Waals surface area contributed by atoms with Gasteiger partial charge in [0.2, 0.25) is 0 Å². The first kappa shape index (κ1) is 16.6. The maximum atomic E-state index is 12.6. The minimum absolute atomic E-state index is 0.00393. The molecule has 1 saturated heterocycles. The van der Waals surface area contributed by atoms with Gasteiger partial charge in [-0.2, -0.15) is 0 Å². The number of carbonyl (C=O) groups is 1. The Morgan fingerprint density at radius 3 is 2.38 bits per heavy atom. The molecule has 0 saturated carbocycles. The Bertz CT molecular complexity index is 505. The molecule has 1 aliphatic heterocycles. The molecule has 2 rings (SSSR count). The second kappa shape index (κ2) is 6.53. The van der Waals surface area contributed by atoms with Crippen LogP contribution in [0.15, 0.2) is 12.1 Å². The van der Waals surface area contributed by atoms with Gasteiger partial charge in [0, 0.05) is 18.7 Å². The minimum atomic E-state index is -0.00393. The van der Waals surface area contributed by atoms with Crippen LogP contribution in [-0.2, 0) is 0 Å². The summed E-state index contributed by atoms with van der Waals surface area (Å²) in [6.07, 6.45) is 3.26. The molecule has 0 aliphatic carbocycles. The molecule has 116 valence electrons. The first-order valence-corrected chi connectivity index (χ1v) is 8.15. The fourth-order valence-corrected chi connectivity index (χ4v) is 3.40. The summed E-state index contributed by atoms with van der Waals surface area (Å²) in [5.74, 6) is 0.649. The zero-order chi connectivity index (χ0) is 15.6. The number of carbonyl (C=O) groups excluding carboxylic acids is 1. The van der Waals surface area contributed by atoms with Crippen molar-refractivity contribution in [1.29, 1.82) is 0 Å². The molecule has 1 aliphatic rings. The first-order valence-electron chi connectivity index (χ1n) is 7.40. The summed E-state index contributed by atoms with van der Waals surface area (Å²) in [6, 6.07) is 3.17. The molecule has 2 heterocycles. The highest BCUT2D eigenvalue weighted by Crippen LogP contribution is 2.34. The van der Waals surface area contributed by atoms with Gasteiger partial charge >= 0.3 is 0 Å². The molecule has 1 unspecified atom stereocenters. The Balaban J connectivity index is 2.10. The van der Waals surface area contributed by atoms with Gasteiger partial charge in [-0.05, 0) is 42.7 Å². The van der Waals surface area contributed by atoms with Crippen molar-refractivity contribution in [3.8, 4) is 0 Å². The van der Waals surface area contributed by atoms with Crippen LogP contribution in [0.5, 0.6) is 0 Å². The lowest BCUT2D eigenvalue weighted by atomic mass is 9.77. The van der Waals surface area contributed by atoms with E-state index in [9.17, 15) is 4.79 Å². The molecule has 5 heteroatoms. The number of amides is 1. The summed E-state index contributed by atoms with van der Waals surface area (Å²) >= 11 is 11.8. The summed E-state index contributed by atoms with van der Waals surface area (Å²) < 4.78 is 0. The lowest BCUT2D eigenvalue weighted by Gasteiger charge is -2.29. The van der Waals surface area contributed by atoms with Gasteiger partial charge in [-0.25, -0.2) is 4.98 Å². The van der Waals surface area contributed by atoms with Crippen molar-refractivity contribution < 1.29 is 4.79 Å². The molecule has 1 aromatic heterocycles. The molecule has 0 bridgehead atoms. The number of nitrogens with zero attached hydrogens (tertiary/aromatic N) is 2. The third-order valence-electron chi connectivity index (χ3n) is 4.25. The molecule has 1 aromatic rings. The van der Waals surface area contributed by atoms with Crippen LogP contribution in [0.2, 0.25) is 10.3 Å². The van der Waals surface area contributed by atoms with Crippen molar-refractivity contribution in [3.05, 3.63) is 28.0 Å². The number of hydrogen-bond acceptors (Lipinski definition) is 2. The van der Waals surface area contributed by atoms with Crippen LogP contribution in [0.25, 0.3) is 0 Å². The van der Waals surface area contributed by atoms with Crippen LogP contribution in [0.4, 0.5) is 0 Å². The molecule has 1 atom stereocenters. The number of aromatic nitrogens is 1. The van der Waals surface area contributed by atoms with Gasteiger partial charge in [0.25, 0.3) is 5.91 Å². The SMILES string of the molecule is CC(C)(C)C1CCCN(C(=O)c2cc(Cl)nc(Cl)c2)CC1. The van der Waals surface area contributed by atoms with Crippen LogP contribution in [0.1, 0.15) is 50.4 Å². The van der Waals surface area contributed by atoms with E-state index in [1.807, 2.05) is 4.90 Å². The number of pyridine rings is 1. The third kappa shape index (κ3) is 4.33. The van der Waals surface area contributed by atoms with E-state index in [-0.39, 0.29) is 16.2 Å². The maximum Gasteiger partial charge on any atom is 0.254 e. The van der Waals surface area contributed by atoms with Crippen LogP contribution in [-0.4, -0.2) is 28.9 Å². The number of hydrogen-bond donors (Lipinski definition) is 0. The van der Waals surface area contributed by atoms with E-state index in [0.717, 1.165) is 25.9 Å². The molecular formula is C16H22Cl2N2O. The first-order chi connectivity index (χ1) is 9.77. The van der Waals surface area contributed by atoms with Gasteiger partial charge in [0.15, 0.2) is 0 Å². The maximum absolute atomic E-state index is 12.6. The van der Waals surface area contributed by atoms with E-state index in [1.54, 1.807) is 12.1 Å². The molecule has 0 aromatic carbocycles. The van der Waals surface area contributed by atoms with Gasteiger partial charge < -0.3 is 4.90 Å². The van der Waals surface area contributed by atoms with Crippen molar-refractivity contribution >= 4 is 29.1 Å². The summed E-state index contributed by atoms with van der Waals surface area (Å²) in [4.78, 5) is 18.4. The van der Waals surface area contributed by atoms with E-state index in [0.29, 0.717) is 16.9 Å². The largest absolute Gasteiger partial charge is 0.339 e. The molecule has 1 fully saturated rings. The molecule has 0 spiro atoms. The normalized spacial score (nSPS) is 20.2. The summed E-state index contributed by atoms with van der Waals surface area (Å²) in [5, 5.41) is 0.515. The Labute approximate surface area is 136 Å². The van der Waals surface area contributed by atoms with Crippen molar-refractivity contribution in [2.75, 3.05) is 13.1 Å². The summed E-state index contributed by atoms with van der Waals surface area (Å²) in [7, 11) is 0. The minimum Gasteiger partial charge on any atom is -0.339 e. The molecule has 21 heavy (non-hydrogen) atoms. The fraction of sp³-hybridized carbons (Fsp3) is 0.625. The molecule has 0 radical (unpaired) electrons. The average Bonchev–Trinajstić information content (AvgIpc) is 2.61. The van der Waals surface area contributed by atoms with Crippen molar-refractivity contribution in [3.63, 3.8) is 0 Å². The van der Waals surface area contributed by atoms with E-state index in [1.165, 1.54) is 6.42 Å². The van der Waals surface area contributed by atoms with E-state index >= 15 is 0 Å². The van der Waals surface area contributed by atoms with Crippen molar-refractivity contribution in [1.82, 2.24) is 9.88 Å². The van der Waals surface area contributed by atoms with Gasteiger partial charge in [-0.15, -0.1) is 0 Å². The van der Waals surface area contributed by atoms with Gasteiger partial charge in [-0.1, -0.05) is 44.0 Å². The Hall–Kier alpha value is -0.800. The summed E-state index contributed by atoms with van der Waals surface area (Å²) in [5.41, 5.74) is 0.816. The third-order valence-corrected chi connectivity index (χ3v) is 4.64. The molecule has 1 amide bonds. The number of likely N-dealkylation sites (tertiary alicyclic amines) is 1. The second-order valence-corrected chi connectivity index (χ2v) is 7.56. The van der Waals surface area contributed by atoms with Crippen LogP contribution in [0, 0.1) is 11.3 Å². The average molecular weight is 329 g/mol. The van der Waals surface area contributed by atoms with Crippen LogP contribution < -0.4 is 0 Å². The van der Waals surface area contributed by atoms with E-state index < -0.39 is 0 Å². The smallest absolute Gasteiger partial charge is 0.254 e. The lowest BCUT2D eigenvalue weighted by molar-refractivity contribution is 0.0755. The predicted octanol–water partition coefficient (Wildman–Crippen LogP) is 4.68. The van der Waals surface area contributed by atoms with Crippen molar-refractivity contribution in [2.45, 2.75) is 40.0 Å². The summed E-state index contributed by atoms with van der Waals surface area (Å²) in [6.45, 7) is 8.41. The molecule has 0 N–H and O–H groups in total. The zero-order valence-corrected chi connectivity index (χ0v) is 14.3. The highest BCUT2D eigenvalue weighted by Gasteiger charge is 2.28. The standard InChI is InChI=1S/C16H22Cl2N2O/c1-16(2,3)12-5-4-7-20(8-6-12)15(21)11-9-13(17)19-14(18)10-11/h9-10,12H,4-8H2,1-3H3. The predicted molar refractivity (Wildman–Crippen MR) is 87.0 cm³/mol. The van der Waals surface area contributed by atoms with E-state index in [4.69, 9.17) is 23.2 Å².